The van der Waals surface area contributed by atoms with Crippen molar-refractivity contribution in [2.24, 2.45) is 0 Å². The lowest BCUT2D eigenvalue weighted by atomic mass is 9.96. The number of thiophene rings is 1. The summed E-state index contributed by atoms with van der Waals surface area (Å²) in [5, 5.41) is 6.87. The highest BCUT2D eigenvalue weighted by Gasteiger charge is 2.37. The Kier molecular flexibility index (Phi) is 6.08. The third kappa shape index (κ3) is 5.03. The van der Waals surface area contributed by atoms with E-state index in [1.54, 1.807) is 18.3 Å². The Morgan fingerprint density at radius 1 is 1.37 bits per heavy atom. The number of nitrogens with one attached hydrogen (secondary N) is 1. The van der Waals surface area contributed by atoms with Crippen LogP contribution in [0.5, 0.6) is 5.75 Å². The SMILES string of the molecule is CC(CCc1ccsc1)(Oc1ccc(F)cc1F)C(=O)Nc1ncc(Cl)s1. The molecule has 0 radical (unpaired) electrons. The van der Waals surface area contributed by atoms with Gasteiger partial charge in [-0.3, -0.25) is 10.1 Å². The fraction of sp³-hybridized carbons (Fsp3) is 0.222. The number of rotatable bonds is 7. The lowest BCUT2D eigenvalue weighted by Crippen LogP contribution is -2.46. The first-order chi connectivity index (χ1) is 12.9. The van der Waals surface area contributed by atoms with Crippen molar-refractivity contribution in [2.45, 2.75) is 25.4 Å². The Hall–Kier alpha value is -2.03. The van der Waals surface area contributed by atoms with Gasteiger partial charge in [0, 0.05) is 12.5 Å². The molecule has 0 aliphatic heterocycles. The number of aryl methyl sites for hydroxylation is 1. The summed E-state index contributed by atoms with van der Waals surface area (Å²) in [7, 11) is 0. The Labute approximate surface area is 167 Å². The van der Waals surface area contributed by atoms with Crippen LogP contribution in [0.25, 0.3) is 0 Å². The molecule has 0 aliphatic rings. The van der Waals surface area contributed by atoms with Crippen molar-refractivity contribution in [3.8, 4) is 5.75 Å². The van der Waals surface area contributed by atoms with E-state index in [4.69, 9.17) is 16.3 Å². The number of hydrogen-bond donors (Lipinski definition) is 1. The second-order valence-electron chi connectivity index (χ2n) is 5.96. The van der Waals surface area contributed by atoms with Gasteiger partial charge < -0.3 is 4.74 Å². The zero-order valence-corrected chi connectivity index (χ0v) is 16.6. The summed E-state index contributed by atoms with van der Waals surface area (Å²) in [6.07, 6.45) is 2.26. The third-order valence-electron chi connectivity index (χ3n) is 3.88. The van der Waals surface area contributed by atoms with Crippen LogP contribution in [-0.2, 0) is 11.2 Å². The quantitative estimate of drug-likeness (QED) is 0.537. The molecule has 0 saturated heterocycles. The summed E-state index contributed by atoms with van der Waals surface area (Å²) in [6.45, 7) is 1.56. The largest absolute Gasteiger partial charge is 0.475 e. The number of hydrogen-bond acceptors (Lipinski definition) is 5. The van der Waals surface area contributed by atoms with E-state index in [-0.39, 0.29) is 12.2 Å². The van der Waals surface area contributed by atoms with Crippen LogP contribution in [0.15, 0.2) is 41.2 Å². The van der Waals surface area contributed by atoms with Crippen LogP contribution < -0.4 is 10.1 Å². The first-order valence-corrected chi connectivity index (χ1v) is 10.1. The average Bonchev–Trinajstić information content (AvgIpc) is 3.27. The Morgan fingerprint density at radius 2 is 2.19 bits per heavy atom. The Bertz CT molecular complexity index is 933. The van der Waals surface area contributed by atoms with Gasteiger partial charge in [0.15, 0.2) is 22.3 Å². The molecule has 4 nitrogen and oxygen atoms in total. The van der Waals surface area contributed by atoms with Crippen LogP contribution in [0.4, 0.5) is 13.9 Å². The number of thiazole rings is 1. The molecule has 3 rings (SSSR count). The molecule has 9 heteroatoms. The molecule has 0 spiro atoms. The molecule has 1 atom stereocenters. The van der Waals surface area contributed by atoms with E-state index in [1.807, 2.05) is 16.8 Å². The van der Waals surface area contributed by atoms with Crippen LogP contribution >= 0.6 is 34.3 Å². The Morgan fingerprint density at radius 3 is 2.81 bits per heavy atom. The minimum absolute atomic E-state index is 0.198. The number of aromatic nitrogens is 1. The van der Waals surface area contributed by atoms with E-state index in [0.717, 1.165) is 23.0 Å². The summed E-state index contributed by atoms with van der Waals surface area (Å²) < 4.78 is 33.4. The molecule has 1 unspecified atom stereocenters. The van der Waals surface area contributed by atoms with Gasteiger partial charge in [-0.2, -0.15) is 11.3 Å². The lowest BCUT2D eigenvalue weighted by Gasteiger charge is -2.29. The summed E-state index contributed by atoms with van der Waals surface area (Å²) in [4.78, 5) is 16.9. The number of halogens is 3. The van der Waals surface area contributed by atoms with Gasteiger partial charge in [0.1, 0.15) is 10.2 Å². The molecular weight excluding hydrogens is 414 g/mol. The average molecular weight is 429 g/mol. The molecule has 0 aliphatic carbocycles. The molecule has 1 amide bonds. The van der Waals surface area contributed by atoms with Crippen molar-refractivity contribution in [3.05, 3.63) is 62.8 Å². The lowest BCUT2D eigenvalue weighted by molar-refractivity contribution is -0.130. The second-order valence-corrected chi connectivity index (χ2v) is 8.40. The van der Waals surface area contributed by atoms with E-state index in [9.17, 15) is 13.6 Å². The highest BCUT2D eigenvalue weighted by atomic mass is 35.5. The highest BCUT2D eigenvalue weighted by Crippen LogP contribution is 2.29. The van der Waals surface area contributed by atoms with E-state index >= 15 is 0 Å². The van der Waals surface area contributed by atoms with Crippen LogP contribution in [-0.4, -0.2) is 16.5 Å². The van der Waals surface area contributed by atoms with E-state index in [2.05, 4.69) is 10.3 Å². The molecule has 2 aromatic heterocycles. The third-order valence-corrected chi connectivity index (χ3v) is 5.64. The van der Waals surface area contributed by atoms with Gasteiger partial charge in [0.25, 0.3) is 5.91 Å². The molecular formula is C18H15ClF2N2O2S2. The van der Waals surface area contributed by atoms with E-state index in [0.29, 0.717) is 22.0 Å². The molecule has 27 heavy (non-hydrogen) atoms. The molecule has 0 fully saturated rings. The first-order valence-electron chi connectivity index (χ1n) is 7.94. The van der Waals surface area contributed by atoms with Crippen LogP contribution in [0, 0.1) is 11.6 Å². The molecule has 0 bridgehead atoms. The number of ether oxygens (including phenoxy) is 1. The van der Waals surface area contributed by atoms with Crippen molar-refractivity contribution in [1.82, 2.24) is 4.98 Å². The predicted molar refractivity (Wildman–Crippen MR) is 104 cm³/mol. The Balaban J connectivity index is 1.83. The topological polar surface area (TPSA) is 51.2 Å². The van der Waals surface area contributed by atoms with Crippen molar-refractivity contribution in [1.29, 1.82) is 0 Å². The van der Waals surface area contributed by atoms with E-state index < -0.39 is 23.1 Å². The standard InChI is InChI=1S/C18H15ClF2N2O2S2/c1-18(6-4-11-5-7-26-10-11,16(24)23-17-22-9-15(19)27-17)25-14-3-2-12(20)8-13(14)21/h2-3,5,7-10H,4,6H2,1H3,(H,22,23,24). The van der Waals surface area contributed by atoms with Gasteiger partial charge in [-0.1, -0.05) is 22.9 Å². The molecule has 2 heterocycles. The maximum Gasteiger partial charge on any atom is 0.270 e. The first kappa shape index (κ1) is 19.7. The number of nitrogens with zero attached hydrogens (tertiary/aromatic N) is 1. The van der Waals surface area contributed by atoms with E-state index in [1.165, 1.54) is 12.3 Å². The predicted octanol–water partition coefficient (Wildman–Crippen LogP) is 5.55. The van der Waals surface area contributed by atoms with Crippen LogP contribution in [0.2, 0.25) is 4.34 Å². The second kappa shape index (κ2) is 8.33. The van der Waals surface area contributed by atoms with Crippen molar-refractivity contribution in [3.63, 3.8) is 0 Å². The molecule has 3 aromatic rings. The van der Waals surface area contributed by atoms with Gasteiger partial charge in [-0.15, -0.1) is 0 Å². The van der Waals surface area contributed by atoms with Crippen molar-refractivity contribution >= 4 is 45.3 Å². The number of carbonyl (C=O) groups excluding carboxylic acids is 1. The normalized spacial score (nSPS) is 13.2. The highest BCUT2D eigenvalue weighted by molar-refractivity contribution is 7.19. The molecule has 1 N–H and O–H groups in total. The minimum atomic E-state index is -1.40. The van der Waals surface area contributed by atoms with Gasteiger partial charge >= 0.3 is 0 Å². The fourth-order valence-electron chi connectivity index (χ4n) is 2.37. The zero-order valence-electron chi connectivity index (χ0n) is 14.2. The number of benzene rings is 1. The van der Waals surface area contributed by atoms with Gasteiger partial charge in [0.05, 0.1) is 6.20 Å². The van der Waals surface area contributed by atoms with Crippen LogP contribution in [0.3, 0.4) is 0 Å². The number of carbonyl (C=O) groups is 1. The summed E-state index contributed by atoms with van der Waals surface area (Å²) in [6, 6.07) is 4.91. The number of anilines is 1. The molecule has 1 aromatic carbocycles. The summed E-state index contributed by atoms with van der Waals surface area (Å²) in [5.41, 5.74) is -0.363. The maximum atomic E-state index is 14.1. The smallest absolute Gasteiger partial charge is 0.270 e. The summed E-state index contributed by atoms with van der Waals surface area (Å²) in [5.74, 6) is -2.28. The fourth-order valence-corrected chi connectivity index (χ4v) is 3.88. The minimum Gasteiger partial charge on any atom is -0.475 e. The van der Waals surface area contributed by atoms with Crippen molar-refractivity contribution in [2.75, 3.05) is 5.32 Å². The maximum absolute atomic E-state index is 14.1. The monoisotopic (exact) mass is 428 g/mol. The van der Waals surface area contributed by atoms with Crippen molar-refractivity contribution < 1.29 is 18.3 Å². The molecule has 0 saturated carbocycles. The number of amides is 1. The molecule has 142 valence electrons. The van der Waals surface area contributed by atoms with Gasteiger partial charge in [-0.25, -0.2) is 13.8 Å². The van der Waals surface area contributed by atoms with Gasteiger partial charge in [-0.05, 0) is 47.9 Å². The van der Waals surface area contributed by atoms with Gasteiger partial charge in [0.2, 0.25) is 0 Å². The van der Waals surface area contributed by atoms with Crippen LogP contribution in [0.1, 0.15) is 18.9 Å². The summed E-state index contributed by atoms with van der Waals surface area (Å²) >= 11 is 8.49. The zero-order chi connectivity index (χ0) is 19.4.